The highest BCUT2D eigenvalue weighted by Crippen LogP contribution is 2.26. The number of amides is 1. The van der Waals surface area contributed by atoms with Gasteiger partial charge in [-0.25, -0.2) is 9.48 Å². The summed E-state index contributed by atoms with van der Waals surface area (Å²) in [5.74, 6) is 0.641. The number of carboxylic acid groups (broad SMARTS) is 1. The summed E-state index contributed by atoms with van der Waals surface area (Å²) in [6.45, 7) is 0.995. The molecule has 0 unspecified atom stereocenters. The Bertz CT molecular complexity index is 401. The van der Waals surface area contributed by atoms with E-state index in [2.05, 4.69) is 21.0 Å². The summed E-state index contributed by atoms with van der Waals surface area (Å²) < 4.78 is 8.20. The van der Waals surface area contributed by atoms with E-state index in [-0.39, 0.29) is 6.10 Å². The predicted octanol–water partition coefficient (Wildman–Crippen LogP) is 1.70. The number of halogens is 1. The average Bonchev–Trinajstić information content (AvgIpc) is 2.61. The number of aryl methyl sites for hydroxylation is 1. The molecule has 2 rings (SSSR count). The fraction of sp³-hybridized carbons (Fsp3) is 0.600. The predicted molar refractivity (Wildman–Crippen MR) is 64.2 cm³/mol. The maximum Gasteiger partial charge on any atom is 0.407 e. The first-order valence-corrected chi connectivity index (χ1v) is 6.19. The van der Waals surface area contributed by atoms with Crippen LogP contribution in [0.15, 0.2) is 10.7 Å². The van der Waals surface area contributed by atoms with Crippen LogP contribution in [0.5, 0.6) is 5.88 Å². The van der Waals surface area contributed by atoms with Gasteiger partial charge in [0.25, 0.3) is 0 Å². The van der Waals surface area contributed by atoms with Crippen LogP contribution in [0.4, 0.5) is 4.79 Å². The summed E-state index contributed by atoms with van der Waals surface area (Å²) in [5, 5.41) is 13.0. The number of hydrogen-bond donors (Lipinski definition) is 1. The maximum absolute atomic E-state index is 10.9. The molecule has 1 fully saturated rings. The van der Waals surface area contributed by atoms with Crippen LogP contribution in [0.25, 0.3) is 0 Å². The van der Waals surface area contributed by atoms with Crippen LogP contribution in [-0.2, 0) is 7.05 Å². The molecule has 1 amide bonds. The molecule has 0 aromatic carbocycles. The van der Waals surface area contributed by atoms with Crippen molar-refractivity contribution in [1.82, 2.24) is 14.7 Å². The lowest BCUT2D eigenvalue weighted by atomic mass is 10.1. The number of ether oxygens (including phenoxy) is 1. The van der Waals surface area contributed by atoms with E-state index in [1.807, 2.05) is 0 Å². The molecular weight excluding hydrogens is 290 g/mol. The number of likely N-dealkylation sites (tertiary alicyclic amines) is 1. The summed E-state index contributed by atoms with van der Waals surface area (Å²) in [6.07, 6.45) is 2.36. The Balaban J connectivity index is 2.02. The number of aromatic nitrogens is 2. The fourth-order valence-corrected chi connectivity index (χ4v) is 2.34. The van der Waals surface area contributed by atoms with Crippen molar-refractivity contribution in [2.24, 2.45) is 7.05 Å². The van der Waals surface area contributed by atoms with Gasteiger partial charge in [0, 0.05) is 13.6 Å². The zero-order valence-electron chi connectivity index (χ0n) is 9.47. The van der Waals surface area contributed by atoms with Crippen molar-refractivity contribution in [3.63, 3.8) is 0 Å². The molecule has 1 atom stereocenters. The molecular formula is C10H14BrN3O3. The second kappa shape index (κ2) is 4.95. The molecule has 1 saturated heterocycles. The molecule has 7 heteroatoms. The van der Waals surface area contributed by atoms with E-state index in [0.29, 0.717) is 19.0 Å². The van der Waals surface area contributed by atoms with Gasteiger partial charge in [0.2, 0.25) is 5.88 Å². The Kier molecular flexibility index (Phi) is 3.56. The summed E-state index contributed by atoms with van der Waals surface area (Å²) in [7, 11) is 1.79. The van der Waals surface area contributed by atoms with Crippen LogP contribution in [0, 0.1) is 0 Å². The Labute approximate surface area is 107 Å². The monoisotopic (exact) mass is 303 g/mol. The van der Waals surface area contributed by atoms with E-state index in [4.69, 9.17) is 9.84 Å². The molecule has 17 heavy (non-hydrogen) atoms. The van der Waals surface area contributed by atoms with Crippen molar-refractivity contribution >= 4 is 22.0 Å². The number of rotatable bonds is 2. The van der Waals surface area contributed by atoms with Crippen molar-refractivity contribution < 1.29 is 14.6 Å². The van der Waals surface area contributed by atoms with E-state index in [0.717, 1.165) is 17.3 Å². The molecule has 1 aliphatic rings. The minimum absolute atomic E-state index is 0.105. The van der Waals surface area contributed by atoms with Gasteiger partial charge >= 0.3 is 6.09 Å². The highest BCUT2D eigenvalue weighted by Gasteiger charge is 2.25. The highest BCUT2D eigenvalue weighted by molar-refractivity contribution is 9.10. The zero-order chi connectivity index (χ0) is 12.4. The van der Waals surface area contributed by atoms with E-state index in [1.165, 1.54) is 4.90 Å². The van der Waals surface area contributed by atoms with Crippen molar-refractivity contribution in [2.75, 3.05) is 13.1 Å². The molecule has 1 aliphatic heterocycles. The van der Waals surface area contributed by atoms with Gasteiger partial charge < -0.3 is 14.7 Å². The quantitative estimate of drug-likeness (QED) is 0.903. The minimum Gasteiger partial charge on any atom is -0.472 e. The molecule has 0 spiro atoms. The van der Waals surface area contributed by atoms with E-state index in [1.54, 1.807) is 17.9 Å². The standard InChI is InChI=1S/C10H14BrN3O3/c1-13-9(8(11)5-12-13)17-7-3-2-4-14(6-7)10(15)16/h5,7H,2-4,6H2,1H3,(H,15,16)/t7-/m1/s1. The summed E-state index contributed by atoms with van der Waals surface area (Å²) in [4.78, 5) is 12.3. The molecule has 94 valence electrons. The first kappa shape index (κ1) is 12.2. The second-order valence-electron chi connectivity index (χ2n) is 4.03. The molecule has 0 bridgehead atoms. The number of hydrogen-bond acceptors (Lipinski definition) is 3. The van der Waals surface area contributed by atoms with Gasteiger partial charge in [-0.2, -0.15) is 5.10 Å². The Morgan fingerprint density at radius 3 is 3.06 bits per heavy atom. The summed E-state index contributed by atoms with van der Waals surface area (Å²) in [5.41, 5.74) is 0. The molecule has 0 saturated carbocycles. The van der Waals surface area contributed by atoms with Crippen LogP contribution in [-0.4, -0.2) is 45.1 Å². The van der Waals surface area contributed by atoms with E-state index >= 15 is 0 Å². The fourth-order valence-electron chi connectivity index (χ4n) is 1.90. The van der Waals surface area contributed by atoms with Crippen LogP contribution < -0.4 is 4.74 Å². The van der Waals surface area contributed by atoms with Gasteiger partial charge in [-0.05, 0) is 28.8 Å². The minimum atomic E-state index is -0.887. The van der Waals surface area contributed by atoms with E-state index < -0.39 is 6.09 Å². The van der Waals surface area contributed by atoms with Crippen molar-refractivity contribution in [1.29, 1.82) is 0 Å². The van der Waals surface area contributed by atoms with Crippen molar-refractivity contribution in [3.8, 4) is 5.88 Å². The van der Waals surface area contributed by atoms with Crippen LogP contribution in [0.1, 0.15) is 12.8 Å². The summed E-state index contributed by atoms with van der Waals surface area (Å²) in [6, 6.07) is 0. The molecule has 0 radical (unpaired) electrons. The third-order valence-electron chi connectivity index (χ3n) is 2.77. The lowest BCUT2D eigenvalue weighted by Crippen LogP contribution is -2.43. The van der Waals surface area contributed by atoms with Gasteiger partial charge in [0.15, 0.2) is 0 Å². The zero-order valence-corrected chi connectivity index (χ0v) is 11.1. The third-order valence-corrected chi connectivity index (χ3v) is 3.31. The van der Waals surface area contributed by atoms with Gasteiger partial charge in [-0.3, -0.25) is 0 Å². The Morgan fingerprint density at radius 2 is 2.47 bits per heavy atom. The van der Waals surface area contributed by atoms with Gasteiger partial charge in [-0.1, -0.05) is 0 Å². The highest BCUT2D eigenvalue weighted by atomic mass is 79.9. The van der Waals surface area contributed by atoms with Gasteiger partial charge in [0.1, 0.15) is 6.10 Å². The van der Waals surface area contributed by atoms with Crippen LogP contribution in [0.2, 0.25) is 0 Å². The number of carbonyl (C=O) groups is 1. The number of piperidine rings is 1. The smallest absolute Gasteiger partial charge is 0.407 e. The molecule has 6 nitrogen and oxygen atoms in total. The molecule has 0 aliphatic carbocycles. The Morgan fingerprint density at radius 1 is 1.71 bits per heavy atom. The second-order valence-corrected chi connectivity index (χ2v) is 4.89. The number of nitrogens with zero attached hydrogens (tertiary/aromatic N) is 3. The third kappa shape index (κ3) is 2.71. The molecule has 1 aromatic heterocycles. The average molecular weight is 304 g/mol. The van der Waals surface area contributed by atoms with Crippen LogP contribution >= 0.6 is 15.9 Å². The topological polar surface area (TPSA) is 67.6 Å². The maximum atomic E-state index is 10.9. The van der Waals surface area contributed by atoms with E-state index in [9.17, 15) is 4.79 Å². The largest absolute Gasteiger partial charge is 0.472 e. The molecule has 1 aromatic rings. The van der Waals surface area contributed by atoms with Crippen molar-refractivity contribution in [3.05, 3.63) is 10.7 Å². The SMILES string of the molecule is Cn1ncc(Br)c1O[C@@H]1CCCN(C(=O)O)C1. The lowest BCUT2D eigenvalue weighted by Gasteiger charge is -2.30. The Hall–Kier alpha value is -1.24. The van der Waals surface area contributed by atoms with Gasteiger partial charge in [0.05, 0.1) is 17.2 Å². The van der Waals surface area contributed by atoms with Crippen LogP contribution in [0.3, 0.4) is 0 Å². The molecule has 2 heterocycles. The molecule has 1 N–H and O–H groups in total. The first-order chi connectivity index (χ1) is 8.08. The first-order valence-electron chi connectivity index (χ1n) is 5.40. The lowest BCUT2D eigenvalue weighted by molar-refractivity contribution is 0.0740. The normalized spacial score (nSPS) is 20.4. The summed E-state index contributed by atoms with van der Waals surface area (Å²) >= 11 is 3.35. The van der Waals surface area contributed by atoms with Crippen molar-refractivity contribution in [2.45, 2.75) is 18.9 Å². The van der Waals surface area contributed by atoms with Gasteiger partial charge in [-0.15, -0.1) is 0 Å².